The molecule has 0 atom stereocenters. The number of hydrogen-bond acceptors (Lipinski definition) is 2. The number of hydrogen-bond donors (Lipinski definition) is 1. The summed E-state index contributed by atoms with van der Waals surface area (Å²) in [5.74, 6) is 0.888. The van der Waals surface area contributed by atoms with Gasteiger partial charge >= 0.3 is 0 Å². The number of amides is 2. The molecule has 0 bridgehead atoms. The van der Waals surface area contributed by atoms with E-state index in [9.17, 15) is 9.59 Å². The molecule has 132 valence electrons. The molecule has 5 heteroatoms. The third-order valence-electron chi connectivity index (χ3n) is 5.29. The molecule has 1 aromatic heterocycles. The van der Waals surface area contributed by atoms with Crippen LogP contribution in [0.1, 0.15) is 60.3 Å². The van der Waals surface area contributed by atoms with Crippen LogP contribution in [0.15, 0.2) is 6.07 Å². The van der Waals surface area contributed by atoms with Crippen LogP contribution in [0.5, 0.6) is 0 Å². The monoisotopic (exact) mass is 331 g/mol. The zero-order chi connectivity index (χ0) is 17.1. The van der Waals surface area contributed by atoms with Crippen LogP contribution < -0.4 is 5.32 Å². The standard InChI is InChI=1S/C19H29N3O2/c1-14-12-17(15(2)22(14)13-16-6-7-16)19(24)20-9-8-18(23)21-10-4-3-5-11-21/h12,16H,3-11,13H2,1-2H3,(H,20,24). The molecule has 0 unspecified atom stereocenters. The first kappa shape index (κ1) is 17.1. The summed E-state index contributed by atoms with van der Waals surface area (Å²) in [6, 6.07) is 1.97. The van der Waals surface area contributed by atoms with Crippen molar-refractivity contribution in [2.45, 2.75) is 58.9 Å². The molecule has 2 aliphatic rings. The van der Waals surface area contributed by atoms with Gasteiger partial charge in [0.15, 0.2) is 0 Å². The zero-order valence-corrected chi connectivity index (χ0v) is 14.9. The Morgan fingerprint density at radius 1 is 1.17 bits per heavy atom. The van der Waals surface area contributed by atoms with Crippen LogP contribution in [0.4, 0.5) is 0 Å². The number of piperidine rings is 1. The third kappa shape index (κ3) is 4.00. The van der Waals surface area contributed by atoms with E-state index < -0.39 is 0 Å². The van der Waals surface area contributed by atoms with Crippen LogP contribution in [-0.4, -0.2) is 40.9 Å². The summed E-state index contributed by atoms with van der Waals surface area (Å²) < 4.78 is 2.26. The fraction of sp³-hybridized carbons (Fsp3) is 0.684. The highest BCUT2D eigenvalue weighted by molar-refractivity contribution is 5.95. The highest BCUT2D eigenvalue weighted by Crippen LogP contribution is 2.32. The van der Waals surface area contributed by atoms with E-state index in [0.29, 0.717) is 13.0 Å². The first-order chi connectivity index (χ1) is 11.6. The predicted molar refractivity (Wildman–Crippen MR) is 94.0 cm³/mol. The topological polar surface area (TPSA) is 54.3 Å². The number of carbonyl (C=O) groups excluding carboxylic acids is 2. The van der Waals surface area contributed by atoms with Gasteiger partial charge in [0.25, 0.3) is 5.91 Å². The second-order valence-corrected chi connectivity index (χ2v) is 7.29. The van der Waals surface area contributed by atoms with Gasteiger partial charge in [-0.1, -0.05) is 0 Å². The molecule has 0 aromatic carbocycles. The smallest absolute Gasteiger partial charge is 0.253 e. The Morgan fingerprint density at radius 3 is 2.54 bits per heavy atom. The molecule has 2 heterocycles. The molecule has 1 saturated heterocycles. The van der Waals surface area contributed by atoms with E-state index in [1.54, 1.807) is 0 Å². The largest absolute Gasteiger partial charge is 0.351 e. The van der Waals surface area contributed by atoms with Crippen molar-refractivity contribution < 1.29 is 9.59 Å². The van der Waals surface area contributed by atoms with Crippen molar-refractivity contribution >= 4 is 11.8 Å². The summed E-state index contributed by atoms with van der Waals surface area (Å²) in [5, 5.41) is 2.92. The maximum atomic E-state index is 12.4. The normalized spacial score (nSPS) is 17.8. The molecular weight excluding hydrogens is 302 g/mol. The molecule has 3 rings (SSSR count). The van der Waals surface area contributed by atoms with Gasteiger partial charge in [0.05, 0.1) is 5.56 Å². The Balaban J connectivity index is 1.50. The number of likely N-dealkylation sites (tertiary alicyclic amines) is 1. The molecular formula is C19H29N3O2. The van der Waals surface area contributed by atoms with Gasteiger partial charge in [-0.05, 0) is 57.9 Å². The van der Waals surface area contributed by atoms with Gasteiger partial charge in [-0.3, -0.25) is 9.59 Å². The lowest BCUT2D eigenvalue weighted by molar-refractivity contribution is -0.131. The van der Waals surface area contributed by atoms with E-state index in [-0.39, 0.29) is 11.8 Å². The molecule has 0 spiro atoms. The molecule has 5 nitrogen and oxygen atoms in total. The number of nitrogens with one attached hydrogen (secondary N) is 1. The van der Waals surface area contributed by atoms with E-state index >= 15 is 0 Å². The van der Waals surface area contributed by atoms with Crippen molar-refractivity contribution in [3.63, 3.8) is 0 Å². The summed E-state index contributed by atoms with van der Waals surface area (Å²) in [4.78, 5) is 26.5. The lowest BCUT2D eigenvalue weighted by Crippen LogP contribution is -2.37. The van der Waals surface area contributed by atoms with Gasteiger partial charge in [-0.2, -0.15) is 0 Å². The minimum Gasteiger partial charge on any atom is -0.351 e. The summed E-state index contributed by atoms with van der Waals surface area (Å²) in [5.41, 5.74) is 2.94. The Morgan fingerprint density at radius 2 is 1.88 bits per heavy atom. The number of rotatable bonds is 6. The van der Waals surface area contributed by atoms with Crippen molar-refractivity contribution in [3.8, 4) is 0 Å². The molecule has 1 saturated carbocycles. The average molecular weight is 331 g/mol. The van der Waals surface area contributed by atoms with Gasteiger partial charge in [0.1, 0.15) is 0 Å². The Labute approximate surface area is 144 Å². The third-order valence-corrected chi connectivity index (χ3v) is 5.29. The summed E-state index contributed by atoms with van der Waals surface area (Å²) in [7, 11) is 0. The Bertz CT molecular complexity index is 610. The van der Waals surface area contributed by atoms with E-state index in [1.165, 1.54) is 19.3 Å². The van der Waals surface area contributed by atoms with Crippen LogP contribution in [0.25, 0.3) is 0 Å². The van der Waals surface area contributed by atoms with Crippen molar-refractivity contribution in [2.24, 2.45) is 5.92 Å². The average Bonchev–Trinajstić information content (AvgIpc) is 3.36. The van der Waals surface area contributed by atoms with Crippen LogP contribution in [-0.2, 0) is 11.3 Å². The van der Waals surface area contributed by atoms with E-state index in [1.807, 2.05) is 17.9 Å². The van der Waals surface area contributed by atoms with Crippen molar-refractivity contribution in [1.29, 1.82) is 0 Å². The van der Waals surface area contributed by atoms with Crippen molar-refractivity contribution in [1.82, 2.24) is 14.8 Å². The summed E-state index contributed by atoms with van der Waals surface area (Å²) in [6.07, 6.45) is 6.42. The maximum Gasteiger partial charge on any atom is 0.253 e. The molecule has 2 fully saturated rings. The zero-order valence-electron chi connectivity index (χ0n) is 14.9. The maximum absolute atomic E-state index is 12.4. The van der Waals surface area contributed by atoms with Crippen molar-refractivity contribution in [2.75, 3.05) is 19.6 Å². The number of aromatic nitrogens is 1. The SMILES string of the molecule is Cc1cc(C(=O)NCCC(=O)N2CCCCC2)c(C)n1CC1CC1. The predicted octanol–water partition coefficient (Wildman–Crippen LogP) is 2.65. The van der Waals surface area contributed by atoms with E-state index in [4.69, 9.17) is 0 Å². The van der Waals surface area contributed by atoms with Gasteiger partial charge < -0.3 is 14.8 Å². The lowest BCUT2D eigenvalue weighted by atomic mass is 10.1. The van der Waals surface area contributed by atoms with E-state index in [0.717, 1.165) is 55.3 Å². The molecule has 1 N–H and O–H groups in total. The van der Waals surface area contributed by atoms with Crippen LogP contribution in [0, 0.1) is 19.8 Å². The van der Waals surface area contributed by atoms with E-state index in [2.05, 4.69) is 16.8 Å². The highest BCUT2D eigenvalue weighted by Gasteiger charge is 2.24. The first-order valence-corrected chi connectivity index (χ1v) is 9.29. The number of carbonyl (C=O) groups is 2. The first-order valence-electron chi connectivity index (χ1n) is 9.29. The molecule has 1 aromatic rings. The fourth-order valence-corrected chi connectivity index (χ4v) is 3.55. The quantitative estimate of drug-likeness (QED) is 0.871. The lowest BCUT2D eigenvalue weighted by Gasteiger charge is -2.26. The second kappa shape index (κ2) is 7.41. The highest BCUT2D eigenvalue weighted by atomic mass is 16.2. The summed E-state index contributed by atoms with van der Waals surface area (Å²) >= 11 is 0. The number of nitrogens with zero attached hydrogens (tertiary/aromatic N) is 2. The van der Waals surface area contributed by atoms with Gasteiger partial charge in [0.2, 0.25) is 5.91 Å². The minimum atomic E-state index is -0.0587. The number of aryl methyl sites for hydroxylation is 1. The molecule has 2 amide bonds. The van der Waals surface area contributed by atoms with Crippen molar-refractivity contribution in [3.05, 3.63) is 23.0 Å². The van der Waals surface area contributed by atoms with Gasteiger partial charge in [0, 0.05) is 44.0 Å². The molecule has 0 radical (unpaired) electrons. The second-order valence-electron chi connectivity index (χ2n) is 7.29. The molecule has 24 heavy (non-hydrogen) atoms. The molecule has 1 aliphatic heterocycles. The fourth-order valence-electron chi connectivity index (χ4n) is 3.55. The molecule has 1 aliphatic carbocycles. The Kier molecular flexibility index (Phi) is 5.27. The van der Waals surface area contributed by atoms with Gasteiger partial charge in [-0.15, -0.1) is 0 Å². The van der Waals surface area contributed by atoms with Crippen LogP contribution in [0.3, 0.4) is 0 Å². The summed E-state index contributed by atoms with van der Waals surface area (Å²) in [6.45, 7) is 7.26. The van der Waals surface area contributed by atoms with Gasteiger partial charge in [-0.25, -0.2) is 0 Å². The minimum absolute atomic E-state index is 0.0587. The Hall–Kier alpha value is -1.78. The van der Waals surface area contributed by atoms with Crippen LogP contribution in [0.2, 0.25) is 0 Å². The van der Waals surface area contributed by atoms with Crippen LogP contribution >= 0.6 is 0 Å².